The fourth-order valence-corrected chi connectivity index (χ4v) is 2.01. The van der Waals surface area contributed by atoms with Crippen LogP contribution in [0.5, 0.6) is 0 Å². The van der Waals surface area contributed by atoms with Gasteiger partial charge < -0.3 is 10.4 Å². The van der Waals surface area contributed by atoms with Gasteiger partial charge in [0.2, 0.25) is 5.91 Å². The highest BCUT2D eigenvalue weighted by atomic mass is 16.4. The van der Waals surface area contributed by atoms with E-state index in [0.29, 0.717) is 0 Å². The summed E-state index contributed by atoms with van der Waals surface area (Å²) >= 11 is 0. The van der Waals surface area contributed by atoms with E-state index in [9.17, 15) is 9.59 Å². The minimum atomic E-state index is -0.893. The lowest BCUT2D eigenvalue weighted by Gasteiger charge is -2.19. The van der Waals surface area contributed by atoms with Gasteiger partial charge in [0.25, 0.3) is 0 Å². The Bertz CT molecular complexity index is 483. The fraction of sp³-hybridized carbons (Fsp3) is 0.429. The van der Waals surface area contributed by atoms with E-state index in [-0.39, 0.29) is 25.0 Å². The zero-order valence-corrected chi connectivity index (χ0v) is 10.9. The molecule has 0 heterocycles. The normalized spacial score (nSPS) is 14.4. The van der Waals surface area contributed by atoms with Crippen LogP contribution in [0.1, 0.15) is 18.4 Å². The van der Waals surface area contributed by atoms with Crippen molar-refractivity contribution < 1.29 is 14.7 Å². The Kier molecular flexibility index (Phi) is 4.16. The van der Waals surface area contributed by atoms with E-state index in [1.54, 1.807) is 4.90 Å². The van der Waals surface area contributed by atoms with Gasteiger partial charge in [0.1, 0.15) is 0 Å². The smallest absolute Gasteiger partial charge is 0.317 e. The van der Waals surface area contributed by atoms with Gasteiger partial charge in [-0.05, 0) is 31.4 Å². The van der Waals surface area contributed by atoms with Crippen molar-refractivity contribution in [2.75, 3.05) is 18.4 Å². The van der Waals surface area contributed by atoms with Gasteiger partial charge in [0.15, 0.2) is 0 Å². The Morgan fingerprint density at radius 1 is 1.32 bits per heavy atom. The van der Waals surface area contributed by atoms with Crippen LogP contribution in [0.15, 0.2) is 24.3 Å². The number of carbonyl (C=O) groups excluding carboxylic acids is 1. The van der Waals surface area contributed by atoms with Crippen LogP contribution >= 0.6 is 0 Å². The summed E-state index contributed by atoms with van der Waals surface area (Å²) < 4.78 is 0. The van der Waals surface area contributed by atoms with E-state index in [2.05, 4.69) is 5.32 Å². The number of para-hydroxylation sites is 1. The largest absolute Gasteiger partial charge is 0.480 e. The Balaban J connectivity index is 1.92. The van der Waals surface area contributed by atoms with E-state index in [0.717, 1.165) is 24.1 Å². The molecule has 1 amide bonds. The number of nitrogens with one attached hydrogen (secondary N) is 1. The molecule has 0 spiro atoms. The number of carboxylic acids is 1. The van der Waals surface area contributed by atoms with Gasteiger partial charge >= 0.3 is 5.97 Å². The van der Waals surface area contributed by atoms with E-state index in [4.69, 9.17) is 5.11 Å². The summed E-state index contributed by atoms with van der Waals surface area (Å²) in [7, 11) is 0. The number of amides is 1. The average Bonchev–Trinajstić information content (AvgIpc) is 3.14. The minimum absolute atomic E-state index is 0.0775. The summed E-state index contributed by atoms with van der Waals surface area (Å²) in [6.45, 7) is 1.97. The SMILES string of the molecule is Cc1ccccc1NC(=O)CN(CC(=O)O)C1CC1. The third-order valence-electron chi connectivity index (χ3n) is 3.17. The quantitative estimate of drug-likeness (QED) is 0.814. The van der Waals surface area contributed by atoms with Crippen LogP contribution in [-0.4, -0.2) is 41.0 Å². The Hall–Kier alpha value is -1.88. The van der Waals surface area contributed by atoms with Crippen molar-refractivity contribution in [2.45, 2.75) is 25.8 Å². The van der Waals surface area contributed by atoms with E-state index in [1.165, 1.54) is 0 Å². The van der Waals surface area contributed by atoms with Gasteiger partial charge in [-0.15, -0.1) is 0 Å². The highest BCUT2D eigenvalue weighted by molar-refractivity contribution is 5.93. The molecule has 1 aliphatic rings. The Morgan fingerprint density at radius 2 is 2.00 bits per heavy atom. The molecule has 0 bridgehead atoms. The summed E-state index contributed by atoms with van der Waals surface area (Å²) in [6.07, 6.45) is 1.95. The van der Waals surface area contributed by atoms with Gasteiger partial charge in [0.05, 0.1) is 13.1 Å². The highest BCUT2D eigenvalue weighted by Crippen LogP contribution is 2.26. The Labute approximate surface area is 112 Å². The van der Waals surface area contributed by atoms with Crippen LogP contribution in [0.2, 0.25) is 0 Å². The molecule has 1 aliphatic carbocycles. The van der Waals surface area contributed by atoms with Crippen LogP contribution in [0, 0.1) is 6.92 Å². The second-order valence-electron chi connectivity index (χ2n) is 4.89. The van der Waals surface area contributed by atoms with Crippen LogP contribution < -0.4 is 5.32 Å². The van der Waals surface area contributed by atoms with E-state index < -0.39 is 5.97 Å². The average molecular weight is 262 g/mol. The number of rotatable bonds is 6. The molecular formula is C14H18N2O3. The molecule has 0 unspecified atom stereocenters. The number of hydrogen-bond acceptors (Lipinski definition) is 3. The molecule has 0 saturated heterocycles. The third-order valence-corrected chi connectivity index (χ3v) is 3.17. The van der Waals surface area contributed by atoms with Crippen molar-refractivity contribution in [1.82, 2.24) is 4.90 Å². The van der Waals surface area contributed by atoms with Crippen LogP contribution in [0.3, 0.4) is 0 Å². The number of aliphatic carboxylic acids is 1. The van der Waals surface area contributed by atoms with Crippen molar-refractivity contribution in [3.63, 3.8) is 0 Å². The lowest BCUT2D eigenvalue weighted by Crippen LogP contribution is -2.38. The van der Waals surface area contributed by atoms with Gasteiger partial charge in [-0.2, -0.15) is 0 Å². The summed E-state index contributed by atoms with van der Waals surface area (Å²) in [5.41, 5.74) is 1.77. The van der Waals surface area contributed by atoms with Crippen molar-refractivity contribution >= 4 is 17.6 Å². The van der Waals surface area contributed by atoms with E-state index >= 15 is 0 Å². The van der Waals surface area contributed by atoms with Gasteiger partial charge in [-0.1, -0.05) is 18.2 Å². The molecule has 5 nitrogen and oxygen atoms in total. The molecule has 1 fully saturated rings. The molecule has 19 heavy (non-hydrogen) atoms. The molecule has 0 radical (unpaired) electrons. The first kappa shape index (κ1) is 13.5. The summed E-state index contributed by atoms with van der Waals surface area (Å²) in [4.78, 5) is 24.4. The van der Waals surface area contributed by atoms with Crippen LogP contribution in [-0.2, 0) is 9.59 Å². The van der Waals surface area contributed by atoms with Crippen molar-refractivity contribution in [3.8, 4) is 0 Å². The zero-order chi connectivity index (χ0) is 13.8. The Morgan fingerprint density at radius 3 is 2.58 bits per heavy atom. The molecule has 1 saturated carbocycles. The molecule has 2 N–H and O–H groups in total. The maximum Gasteiger partial charge on any atom is 0.317 e. The van der Waals surface area contributed by atoms with Crippen molar-refractivity contribution in [3.05, 3.63) is 29.8 Å². The molecule has 1 aromatic carbocycles. The molecular weight excluding hydrogens is 244 g/mol. The predicted octanol–water partition coefficient (Wildman–Crippen LogP) is 1.48. The number of carboxylic acid groups (broad SMARTS) is 1. The first-order chi connectivity index (χ1) is 9.06. The molecule has 5 heteroatoms. The van der Waals surface area contributed by atoms with Crippen LogP contribution in [0.4, 0.5) is 5.69 Å². The number of anilines is 1. The van der Waals surface area contributed by atoms with Gasteiger partial charge in [-0.25, -0.2) is 0 Å². The molecule has 2 rings (SSSR count). The third kappa shape index (κ3) is 4.06. The maximum absolute atomic E-state index is 11.9. The lowest BCUT2D eigenvalue weighted by atomic mass is 10.2. The minimum Gasteiger partial charge on any atom is -0.480 e. The van der Waals surface area contributed by atoms with Crippen molar-refractivity contribution in [2.24, 2.45) is 0 Å². The van der Waals surface area contributed by atoms with Gasteiger partial charge in [0, 0.05) is 11.7 Å². The monoisotopic (exact) mass is 262 g/mol. The topological polar surface area (TPSA) is 69.6 Å². The highest BCUT2D eigenvalue weighted by Gasteiger charge is 2.31. The summed E-state index contributed by atoms with van der Waals surface area (Å²) in [5.74, 6) is -1.06. The number of aryl methyl sites for hydroxylation is 1. The number of nitrogens with zero attached hydrogens (tertiary/aromatic N) is 1. The standard InChI is InChI=1S/C14H18N2O3/c1-10-4-2-3-5-12(10)15-13(17)8-16(9-14(18)19)11-6-7-11/h2-5,11H,6-9H2,1H3,(H,15,17)(H,18,19). The first-order valence-corrected chi connectivity index (χ1v) is 6.37. The predicted molar refractivity (Wildman–Crippen MR) is 72.0 cm³/mol. The molecule has 0 aliphatic heterocycles. The second-order valence-corrected chi connectivity index (χ2v) is 4.89. The molecule has 1 aromatic rings. The fourth-order valence-electron chi connectivity index (χ4n) is 2.01. The second kappa shape index (κ2) is 5.84. The summed E-state index contributed by atoms with van der Waals surface area (Å²) in [6, 6.07) is 7.78. The van der Waals surface area contributed by atoms with Crippen molar-refractivity contribution in [1.29, 1.82) is 0 Å². The number of hydrogen-bond donors (Lipinski definition) is 2. The lowest BCUT2D eigenvalue weighted by molar-refractivity contribution is -0.138. The zero-order valence-electron chi connectivity index (χ0n) is 10.9. The summed E-state index contributed by atoms with van der Waals surface area (Å²) in [5, 5.41) is 11.7. The maximum atomic E-state index is 11.9. The van der Waals surface area contributed by atoms with Crippen LogP contribution in [0.25, 0.3) is 0 Å². The molecule has 0 aromatic heterocycles. The number of carbonyl (C=O) groups is 2. The molecule has 102 valence electrons. The first-order valence-electron chi connectivity index (χ1n) is 6.37. The molecule has 0 atom stereocenters. The van der Waals surface area contributed by atoms with Gasteiger partial charge in [-0.3, -0.25) is 14.5 Å². The van der Waals surface area contributed by atoms with E-state index in [1.807, 2.05) is 31.2 Å². The number of benzene rings is 1.